The monoisotopic (exact) mass is 376 g/mol. The lowest BCUT2D eigenvalue weighted by Crippen LogP contribution is -2.27. The molecule has 0 bridgehead atoms. The van der Waals surface area contributed by atoms with E-state index in [2.05, 4.69) is 53.3 Å². The molecule has 1 heterocycles. The summed E-state index contributed by atoms with van der Waals surface area (Å²) in [7, 11) is 5.88. The van der Waals surface area contributed by atoms with E-state index in [-0.39, 0.29) is 5.91 Å². The maximum Gasteiger partial charge on any atom is 0.257 e. The number of carbonyl (C=O) groups is 1. The van der Waals surface area contributed by atoms with Gasteiger partial charge in [-0.25, -0.2) is 0 Å². The molecule has 1 aromatic heterocycles. The summed E-state index contributed by atoms with van der Waals surface area (Å²) in [4.78, 5) is 16.9. The predicted molar refractivity (Wildman–Crippen MR) is 114 cm³/mol. The number of aromatic nitrogens is 2. The quantitative estimate of drug-likeness (QED) is 0.629. The van der Waals surface area contributed by atoms with Crippen molar-refractivity contribution in [2.75, 3.05) is 26.0 Å². The minimum Gasteiger partial charge on any atom is -0.378 e. The first kappa shape index (κ1) is 19.7. The van der Waals surface area contributed by atoms with Crippen LogP contribution in [-0.4, -0.2) is 41.7 Å². The largest absolute Gasteiger partial charge is 0.378 e. The third-order valence-corrected chi connectivity index (χ3v) is 4.91. The van der Waals surface area contributed by atoms with Crippen LogP contribution in [0.5, 0.6) is 0 Å². The Kier molecular flexibility index (Phi) is 6.14. The lowest BCUT2D eigenvalue weighted by molar-refractivity contribution is 0.0784. The first-order valence-electron chi connectivity index (χ1n) is 9.60. The molecular weight excluding hydrogens is 348 g/mol. The van der Waals surface area contributed by atoms with E-state index in [9.17, 15) is 4.79 Å². The van der Waals surface area contributed by atoms with E-state index in [0.717, 1.165) is 23.4 Å². The van der Waals surface area contributed by atoms with Crippen molar-refractivity contribution in [2.45, 2.75) is 26.4 Å². The van der Waals surface area contributed by atoms with E-state index < -0.39 is 0 Å². The molecule has 1 amide bonds. The van der Waals surface area contributed by atoms with Gasteiger partial charge in [-0.3, -0.25) is 9.48 Å². The first-order chi connectivity index (χ1) is 13.5. The normalized spacial score (nSPS) is 10.7. The summed E-state index contributed by atoms with van der Waals surface area (Å²) in [6.07, 6.45) is 2.47. The Morgan fingerprint density at radius 2 is 1.64 bits per heavy atom. The molecule has 0 spiro atoms. The SMILES string of the molecule is CCc1c(C(=O)N(C)Cc2ccc(N(C)C)cc2)cnn1Cc1ccccc1. The second-order valence-corrected chi connectivity index (χ2v) is 7.22. The summed E-state index contributed by atoms with van der Waals surface area (Å²) in [6.45, 7) is 3.31. The van der Waals surface area contributed by atoms with Gasteiger partial charge in [-0.2, -0.15) is 5.10 Å². The lowest BCUT2D eigenvalue weighted by Gasteiger charge is -2.19. The van der Waals surface area contributed by atoms with Crippen molar-refractivity contribution >= 4 is 11.6 Å². The molecule has 3 rings (SSSR count). The summed E-state index contributed by atoms with van der Waals surface area (Å²) in [6, 6.07) is 18.5. The molecule has 0 fully saturated rings. The molecule has 0 aliphatic carbocycles. The van der Waals surface area contributed by atoms with Crippen LogP contribution in [0.25, 0.3) is 0 Å². The van der Waals surface area contributed by atoms with E-state index in [1.165, 1.54) is 5.56 Å². The molecule has 2 aromatic carbocycles. The summed E-state index contributed by atoms with van der Waals surface area (Å²) < 4.78 is 1.93. The minimum absolute atomic E-state index is 0.00727. The van der Waals surface area contributed by atoms with Gasteiger partial charge in [0.05, 0.1) is 24.0 Å². The minimum atomic E-state index is 0.00727. The van der Waals surface area contributed by atoms with E-state index in [1.54, 1.807) is 11.1 Å². The van der Waals surface area contributed by atoms with Crippen LogP contribution in [0.1, 0.15) is 34.1 Å². The Bertz CT molecular complexity index is 914. The van der Waals surface area contributed by atoms with Crippen molar-refractivity contribution in [1.29, 1.82) is 0 Å². The Labute approximate surface area is 167 Å². The van der Waals surface area contributed by atoms with Gasteiger partial charge in [0.2, 0.25) is 0 Å². The van der Waals surface area contributed by atoms with Gasteiger partial charge in [-0.15, -0.1) is 0 Å². The van der Waals surface area contributed by atoms with Crippen LogP contribution in [-0.2, 0) is 19.5 Å². The molecular formula is C23H28N4O. The first-order valence-corrected chi connectivity index (χ1v) is 9.60. The fraction of sp³-hybridized carbons (Fsp3) is 0.304. The number of carbonyl (C=O) groups excluding carboxylic acids is 1. The Hall–Kier alpha value is -3.08. The molecule has 0 aliphatic rings. The van der Waals surface area contributed by atoms with Crippen LogP contribution in [0, 0.1) is 0 Å². The van der Waals surface area contributed by atoms with Crippen molar-refractivity contribution in [3.8, 4) is 0 Å². The second-order valence-electron chi connectivity index (χ2n) is 7.22. The average Bonchev–Trinajstić information content (AvgIpc) is 3.11. The van der Waals surface area contributed by atoms with Gasteiger partial charge >= 0.3 is 0 Å². The van der Waals surface area contributed by atoms with Gasteiger partial charge in [-0.1, -0.05) is 49.4 Å². The van der Waals surface area contributed by atoms with Gasteiger partial charge < -0.3 is 9.80 Å². The van der Waals surface area contributed by atoms with Crippen molar-refractivity contribution in [2.24, 2.45) is 0 Å². The summed E-state index contributed by atoms with van der Waals surface area (Å²) in [5.74, 6) is 0.00727. The highest BCUT2D eigenvalue weighted by molar-refractivity contribution is 5.95. The Morgan fingerprint density at radius 1 is 0.964 bits per heavy atom. The highest BCUT2D eigenvalue weighted by Gasteiger charge is 2.20. The van der Waals surface area contributed by atoms with E-state index >= 15 is 0 Å². The molecule has 0 unspecified atom stereocenters. The second kappa shape index (κ2) is 8.74. The molecule has 0 saturated heterocycles. The fourth-order valence-corrected chi connectivity index (χ4v) is 3.31. The Balaban J connectivity index is 1.74. The van der Waals surface area contributed by atoms with Crippen molar-refractivity contribution in [3.05, 3.63) is 83.2 Å². The van der Waals surface area contributed by atoms with Gasteiger partial charge in [0.15, 0.2) is 0 Å². The van der Waals surface area contributed by atoms with Gasteiger partial charge in [0.25, 0.3) is 5.91 Å². The van der Waals surface area contributed by atoms with Crippen LogP contribution >= 0.6 is 0 Å². The molecule has 0 atom stereocenters. The van der Waals surface area contributed by atoms with Crippen molar-refractivity contribution in [1.82, 2.24) is 14.7 Å². The number of hydrogen-bond acceptors (Lipinski definition) is 3. The van der Waals surface area contributed by atoms with E-state index in [4.69, 9.17) is 0 Å². The van der Waals surface area contributed by atoms with Crippen molar-refractivity contribution in [3.63, 3.8) is 0 Å². The molecule has 5 nitrogen and oxygen atoms in total. The zero-order chi connectivity index (χ0) is 20.1. The van der Waals surface area contributed by atoms with Crippen LogP contribution in [0.3, 0.4) is 0 Å². The third kappa shape index (κ3) is 4.42. The number of nitrogens with zero attached hydrogens (tertiary/aromatic N) is 4. The number of benzene rings is 2. The number of amides is 1. The van der Waals surface area contributed by atoms with E-state index in [1.807, 2.05) is 44.0 Å². The third-order valence-electron chi connectivity index (χ3n) is 4.91. The van der Waals surface area contributed by atoms with Crippen molar-refractivity contribution < 1.29 is 4.79 Å². The van der Waals surface area contributed by atoms with Gasteiger partial charge in [-0.05, 0) is 29.7 Å². The summed E-state index contributed by atoms with van der Waals surface area (Å²) in [5, 5.41) is 4.49. The summed E-state index contributed by atoms with van der Waals surface area (Å²) in [5.41, 5.74) is 5.09. The number of rotatable bonds is 7. The maximum atomic E-state index is 13.0. The summed E-state index contributed by atoms with van der Waals surface area (Å²) >= 11 is 0. The molecule has 0 saturated carbocycles. The maximum absolute atomic E-state index is 13.0. The zero-order valence-electron chi connectivity index (χ0n) is 17.1. The number of anilines is 1. The van der Waals surface area contributed by atoms with E-state index in [0.29, 0.717) is 18.7 Å². The fourth-order valence-electron chi connectivity index (χ4n) is 3.31. The van der Waals surface area contributed by atoms with Crippen LogP contribution in [0.15, 0.2) is 60.8 Å². The average molecular weight is 377 g/mol. The van der Waals surface area contributed by atoms with Crippen LogP contribution in [0.2, 0.25) is 0 Å². The smallest absolute Gasteiger partial charge is 0.257 e. The molecule has 146 valence electrons. The van der Waals surface area contributed by atoms with Crippen LogP contribution in [0.4, 0.5) is 5.69 Å². The van der Waals surface area contributed by atoms with Gasteiger partial charge in [0.1, 0.15) is 0 Å². The van der Waals surface area contributed by atoms with Crippen LogP contribution < -0.4 is 4.90 Å². The highest BCUT2D eigenvalue weighted by Crippen LogP contribution is 2.17. The molecule has 28 heavy (non-hydrogen) atoms. The molecule has 0 radical (unpaired) electrons. The molecule has 3 aromatic rings. The lowest BCUT2D eigenvalue weighted by atomic mass is 10.1. The predicted octanol–water partition coefficient (Wildman–Crippen LogP) is 3.83. The zero-order valence-corrected chi connectivity index (χ0v) is 17.1. The molecule has 0 N–H and O–H groups in total. The molecule has 5 heteroatoms. The standard InChI is InChI=1S/C23H28N4O/c1-5-22-21(15-24-27(22)17-18-9-7-6-8-10-18)23(28)26(4)16-19-11-13-20(14-12-19)25(2)3/h6-15H,5,16-17H2,1-4H3. The topological polar surface area (TPSA) is 41.4 Å². The Morgan fingerprint density at radius 3 is 2.25 bits per heavy atom. The molecule has 0 aliphatic heterocycles. The highest BCUT2D eigenvalue weighted by atomic mass is 16.2. The number of hydrogen-bond donors (Lipinski definition) is 0. The van der Waals surface area contributed by atoms with Gasteiger partial charge in [0, 0.05) is 33.4 Å².